The number of carbonyl (C=O) groups is 2. The Kier molecular flexibility index (Phi) is 2.82. The number of anilines is 1. The van der Waals surface area contributed by atoms with E-state index in [-0.39, 0.29) is 0 Å². The van der Waals surface area contributed by atoms with E-state index in [9.17, 15) is 9.59 Å². The second kappa shape index (κ2) is 4.44. The molecule has 17 heavy (non-hydrogen) atoms. The summed E-state index contributed by atoms with van der Waals surface area (Å²) in [5, 5.41) is 21.0. The first-order valence-corrected chi connectivity index (χ1v) is 4.67. The maximum absolute atomic E-state index is 11.3. The average molecular weight is 232 g/mol. The molecule has 86 valence electrons. The van der Waals surface area contributed by atoms with E-state index in [0.29, 0.717) is 16.7 Å². The first-order valence-electron chi connectivity index (χ1n) is 4.67. The summed E-state index contributed by atoms with van der Waals surface area (Å²) in [5.41, 5.74) is 1.82. The molecule has 7 nitrogen and oxygen atoms in total. The van der Waals surface area contributed by atoms with Crippen LogP contribution in [0.25, 0.3) is 11.0 Å². The Morgan fingerprint density at radius 1 is 1.24 bits per heavy atom. The molecule has 0 aliphatic carbocycles. The summed E-state index contributed by atoms with van der Waals surface area (Å²) in [5.74, 6) is -1.69. The number of aromatic nitrogens is 3. The molecule has 0 unspecified atom stereocenters. The second-order valence-corrected chi connectivity index (χ2v) is 3.19. The smallest absolute Gasteiger partial charge is 0.328 e. The predicted octanol–water partition coefficient (Wildman–Crippen LogP) is 0.537. The van der Waals surface area contributed by atoms with Crippen molar-refractivity contribution >= 4 is 28.6 Å². The van der Waals surface area contributed by atoms with E-state index in [1.54, 1.807) is 18.2 Å². The molecule has 0 spiro atoms. The van der Waals surface area contributed by atoms with E-state index in [1.165, 1.54) is 0 Å². The summed E-state index contributed by atoms with van der Waals surface area (Å²) in [6.07, 6.45) is 1.71. The normalized spacial score (nSPS) is 10.8. The van der Waals surface area contributed by atoms with Gasteiger partial charge in [-0.3, -0.25) is 4.79 Å². The Balaban J connectivity index is 2.12. The highest BCUT2D eigenvalue weighted by atomic mass is 16.4. The monoisotopic (exact) mass is 232 g/mol. The standard InChI is InChI=1S/C10H8N4O3/c15-9(3-4-10(16)17)11-6-1-2-7-8(5-6)13-14-12-7/h1-5H,(H,11,15)(H,16,17)(H,12,13,14). The number of carboxylic acid groups (broad SMARTS) is 1. The van der Waals surface area contributed by atoms with Gasteiger partial charge < -0.3 is 10.4 Å². The van der Waals surface area contributed by atoms with Crippen molar-refractivity contribution in [1.82, 2.24) is 15.4 Å². The quantitative estimate of drug-likeness (QED) is 0.669. The molecule has 1 heterocycles. The Hall–Kier alpha value is -2.70. The average Bonchev–Trinajstić information content (AvgIpc) is 2.73. The zero-order chi connectivity index (χ0) is 12.3. The molecule has 0 saturated heterocycles. The highest BCUT2D eigenvalue weighted by Gasteiger charge is 2.02. The van der Waals surface area contributed by atoms with E-state index in [1.807, 2.05) is 0 Å². The number of hydrogen-bond acceptors (Lipinski definition) is 4. The van der Waals surface area contributed by atoms with Crippen LogP contribution in [-0.2, 0) is 9.59 Å². The summed E-state index contributed by atoms with van der Waals surface area (Å²) >= 11 is 0. The van der Waals surface area contributed by atoms with Crippen LogP contribution in [-0.4, -0.2) is 32.4 Å². The molecule has 1 aromatic carbocycles. The van der Waals surface area contributed by atoms with Crippen LogP contribution in [0.2, 0.25) is 0 Å². The molecule has 2 aromatic rings. The molecular formula is C10H8N4O3. The number of rotatable bonds is 3. The lowest BCUT2D eigenvalue weighted by atomic mass is 10.2. The van der Waals surface area contributed by atoms with Crippen LogP contribution in [0.3, 0.4) is 0 Å². The van der Waals surface area contributed by atoms with Crippen molar-refractivity contribution in [2.24, 2.45) is 0 Å². The van der Waals surface area contributed by atoms with Gasteiger partial charge in [-0.1, -0.05) is 0 Å². The number of hydrogen-bond donors (Lipinski definition) is 3. The number of carboxylic acids is 1. The van der Waals surface area contributed by atoms with Crippen LogP contribution in [0.15, 0.2) is 30.4 Å². The molecule has 1 amide bonds. The number of aromatic amines is 1. The molecule has 0 fully saturated rings. The van der Waals surface area contributed by atoms with Crippen molar-refractivity contribution < 1.29 is 14.7 Å². The fourth-order valence-electron chi connectivity index (χ4n) is 1.25. The SMILES string of the molecule is O=C(O)C=CC(=O)Nc1ccc2n[nH]nc2c1. The number of fused-ring (bicyclic) bond motifs is 1. The molecule has 1 aromatic heterocycles. The minimum Gasteiger partial charge on any atom is -0.478 e. The van der Waals surface area contributed by atoms with Crippen LogP contribution >= 0.6 is 0 Å². The number of benzene rings is 1. The van der Waals surface area contributed by atoms with E-state index in [4.69, 9.17) is 5.11 Å². The minimum atomic E-state index is -1.17. The number of aliphatic carboxylic acids is 1. The van der Waals surface area contributed by atoms with Crippen LogP contribution < -0.4 is 5.32 Å². The van der Waals surface area contributed by atoms with Gasteiger partial charge in [0.05, 0.1) is 0 Å². The zero-order valence-corrected chi connectivity index (χ0v) is 8.54. The van der Waals surface area contributed by atoms with Crippen LogP contribution in [0.5, 0.6) is 0 Å². The fraction of sp³-hybridized carbons (Fsp3) is 0. The summed E-state index contributed by atoms with van der Waals surface area (Å²) < 4.78 is 0. The van der Waals surface area contributed by atoms with Crippen molar-refractivity contribution in [3.63, 3.8) is 0 Å². The van der Waals surface area contributed by atoms with Crippen LogP contribution in [0.4, 0.5) is 5.69 Å². The van der Waals surface area contributed by atoms with Gasteiger partial charge in [0.2, 0.25) is 5.91 Å². The Morgan fingerprint density at radius 2 is 2.00 bits per heavy atom. The van der Waals surface area contributed by atoms with Gasteiger partial charge >= 0.3 is 5.97 Å². The highest BCUT2D eigenvalue weighted by Crippen LogP contribution is 2.14. The molecule has 0 bridgehead atoms. The van der Waals surface area contributed by atoms with Crippen molar-refractivity contribution in [1.29, 1.82) is 0 Å². The molecule has 7 heteroatoms. The third-order valence-corrected chi connectivity index (χ3v) is 1.96. The molecule has 0 radical (unpaired) electrons. The molecule has 0 saturated carbocycles. The van der Waals surface area contributed by atoms with Crippen molar-refractivity contribution in [2.45, 2.75) is 0 Å². The van der Waals surface area contributed by atoms with E-state index in [2.05, 4.69) is 20.7 Å². The lowest BCUT2D eigenvalue weighted by molar-refractivity contribution is -0.131. The largest absolute Gasteiger partial charge is 0.478 e. The van der Waals surface area contributed by atoms with Gasteiger partial charge in [-0.05, 0) is 18.2 Å². The molecule has 0 aliphatic heterocycles. The lowest BCUT2D eigenvalue weighted by Gasteiger charge is -2.00. The van der Waals surface area contributed by atoms with E-state index < -0.39 is 11.9 Å². The van der Waals surface area contributed by atoms with Crippen molar-refractivity contribution in [3.05, 3.63) is 30.4 Å². The molecule has 2 rings (SSSR count). The Labute approximate surface area is 95.1 Å². The maximum Gasteiger partial charge on any atom is 0.328 e. The second-order valence-electron chi connectivity index (χ2n) is 3.19. The summed E-state index contributed by atoms with van der Waals surface area (Å²) in [4.78, 5) is 21.5. The van der Waals surface area contributed by atoms with Crippen molar-refractivity contribution in [3.8, 4) is 0 Å². The zero-order valence-electron chi connectivity index (χ0n) is 8.54. The van der Waals surface area contributed by atoms with Crippen molar-refractivity contribution in [2.75, 3.05) is 5.32 Å². The van der Waals surface area contributed by atoms with Gasteiger partial charge in [0.1, 0.15) is 11.0 Å². The Morgan fingerprint density at radius 3 is 2.76 bits per heavy atom. The first-order chi connectivity index (χ1) is 8.15. The third-order valence-electron chi connectivity index (χ3n) is 1.96. The van der Waals surface area contributed by atoms with Crippen LogP contribution in [0.1, 0.15) is 0 Å². The Bertz CT molecular complexity index is 602. The summed E-state index contributed by atoms with van der Waals surface area (Å²) in [6.45, 7) is 0. The molecular weight excluding hydrogens is 224 g/mol. The summed E-state index contributed by atoms with van der Waals surface area (Å²) in [7, 11) is 0. The van der Waals surface area contributed by atoms with Gasteiger partial charge in [0.15, 0.2) is 0 Å². The third kappa shape index (κ3) is 2.65. The molecule has 0 aliphatic rings. The fourth-order valence-corrected chi connectivity index (χ4v) is 1.25. The van der Waals surface area contributed by atoms with Gasteiger partial charge in [-0.2, -0.15) is 15.4 Å². The van der Waals surface area contributed by atoms with Gasteiger partial charge in [-0.25, -0.2) is 4.79 Å². The number of nitrogens with one attached hydrogen (secondary N) is 2. The lowest BCUT2D eigenvalue weighted by Crippen LogP contribution is -2.08. The van der Waals surface area contributed by atoms with Gasteiger partial charge in [0, 0.05) is 17.8 Å². The van der Waals surface area contributed by atoms with E-state index in [0.717, 1.165) is 12.2 Å². The van der Waals surface area contributed by atoms with Gasteiger partial charge in [-0.15, -0.1) is 0 Å². The minimum absolute atomic E-state index is 0.518. The van der Waals surface area contributed by atoms with E-state index >= 15 is 0 Å². The number of nitrogens with zero attached hydrogens (tertiary/aromatic N) is 2. The number of carbonyl (C=O) groups excluding carboxylic acids is 1. The summed E-state index contributed by atoms with van der Waals surface area (Å²) in [6, 6.07) is 4.97. The van der Waals surface area contributed by atoms with Crippen LogP contribution in [0, 0.1) is 0 Å². The topological polar surface area (TPSA) is 108 Å². The predicted molar refractivity (Wildman–Crippen MR) is 59.3 cm³/mol. The van der Waals surface area contributed by atoms with Gasteiger partial charge in [0.25, 0.3) is 0 Å². The molecule has 3 N–H and O–H groups in total. The number of H-pyrrole nitrogens is 1. The first kappa shape index (κ1) is 10.8. The molecule has 0 atom stereocenters. The number of amides is 1. The highest BCUT2D eigenvalue weighted by molar-refractivity contribution is 6.02. The maximum atomic E-state index is 11.3.